The van der Waals surface area contributed by atoms with Crippen molar-refractivity contribution in [2.45, 2.75) is 13.8 Å². The highest BCUT2D eigenvalue weighted by molar-refractivity contribution is 6.21. The Morgan fingerprint density at radius 2 is 0.702 bits per heavy atom. The van der Waals surface area contributed by atoms with Crippen molar-refractivity contribution in [2.75, 3.05) is 0 Å². The molecule has 8 aromatic carbocycles. The Labute approximate surface area is 276 Å². The van der Waals surface area contributed by atoms with Gasteiger partial charge in [0.2, 0.25) is 0 Å². The summed E-state index contributed by atoms with van der Waals surface area (Å²) in [6.45, 7) is 4.00. The van der Waals surface area contributed by atoms with Gasteiger partial charge in [-0.05, 0) is 85.3 Å². The Morgan fingerprint density at radius 3 is 1.28 bits per heavy atom. The lowest BCUT2D eigenvalue weighted by atomic mass is 9.86. The summed E-state index contributed by atoms with van der Waals surface area (Å²) in [5, 5.41) is 7.65. The molecule has 1 heteroatoms. The summed E-state index contributed by atoms with van der Waals surface area (Å²) in [5.74, 6) is 0. The molecule has 1 nitrogen and oxygen atoms in total. The van der Waals surface area contributed by atoms with Gasteiger partial charge >= 0.3 is 0 Å². The van der Waals surface area contributed by atoms with Gasteiger partial charge in [-0.1, -0.05) is 159 Å². The third-order valence-corrected chi connectivity index (χ3v) is 9.19. The van der Waals surface area contributed by atoms with Gasteiger partial charge in [-0.3, -0.25) is 0 Å². The lowest BCUT2D eigenvalue weighted by Crippen LogP contribution is -1.92. The highest BCUT2D eigenvalue weighted by Crippen LogP contribution is 2.44. The number of hydrogen-bond acceptors (Lipinski definition) is 0. The summed E-state index contributed by atoms with van der Waals surface area (Å²) in [4.78, 5) is 0. The molecule has 9 rings (SSSR count). The van der Waals surface area contributed by atoms with Gasteiger partial charge in [-0.25, -0.2) is 0 Å². The topological polar surface area (TPSA) is 4.93 Å². The average Bonchev–Trinajstić information content (AvgIpc) is 3.49. The second-order valence-electron chi connectivity index (χ2n) is 11.7. The van der Waals surface area contributed by atoms with Crippen molar-refractivity contribution in [3.63, 3.8) is 0 Å². The van der Waals surface area contributed by atoms with Crippen LogP contribution in [-0.2, 0) is 0 Å². The van der Waals surface area contributed by atoms with E-state index in [1.165, 1.54) is 82.4 Å². The van der Waals surface area contributed by atoms with E-state index in [0.717, 1.165) is 0 Å². The SMILES string of the molecule is CC.c1ccc(-c2c3ccccc3c(-c3ccc(-c4ccc5c(c4)c4ccccc4n5-c4ccccc4)cc3)c3ccccc23)cc1. The molecule has 0 aliphatic rings. The second kappa shape index (κ2) is 12.1. The predicted molar refractivity (Wildman–Crippen MR) is 203 cm³/mol. The van der Waals surface area contributed by atoms with Crippen molar-refractivity contribution in [2.24, 2.45) is 0 Å². The van der Waals surface area contributed by atoms with Crippen LogP contribution in [-0.4, -0.2) is 4.57 Å². The maximum absolute atomic E-state index is 2.37. The van der Waals surface area contributed by atoms with Gasteiger partial charge in [0.15, 0.2) is 0 Å². The normalized spacial score (nSPS) is 11.2. The average molecular weight is 602 g/mol. The van der Waals surface area contributed by atoms with E-state index in [2.05, 4.69) is 180 Å². The van der Waals surface area contributed by atoms with Crippen molar-refractivity contribution >= 4 is 43.4 Å². The number of fused-ring (bicyclic) bond motifs is 5. The molecule has 0 saturated heterocycles. The Bertz CT molecular complexity index is 2450. The van der Waals surface area contributed by atoms with E-state index in [1.807, 2.05) is 13.8 Å². The fourth-order valence-electron chi connectivity index (χ4n) is 7.19. The van der Waals surface area contributed by atoms with E-state index < -0.39 is 0 Å². The summed E-state index contributed by atoms with van der Waals surface area (Å²) < 4.78 is 2.37. The molecule has 0 amide bonds. The van der Waals surface area contributed by atoms with Crippen LogP contribution in [0.2, 0.25) is 0 Å². The zero-order valence-corrected chi connectivity index (χ0v) is 26.7. The van der Waals surface area contributed by atoms with Gasteiger partial charge in [0.05, 0.1) is 11.0 Å². The van der Waals surface area contributed by atoms with Crippen LogP contribution in [0.4, 0.5) is 0 Å². The molecule has 0 aliphatic heterocycles. The molecule has 0 atom stereocenters. The van der Waals surface area contributed by atoms with Crippen molar-refractivity contribution < 1.29 is 0 Å². The monoisotopic (exact) mass is 601 g/mol. The molecule has 0 spiro atoms. The van der Waals surface area contributed by atoms with Crippen LogP contribution >= 0.6 is 0 Å². The summed E-state index contributed by atoms with van der Waals surface area (Å²) >= 11 is 0. The van der Waals surface area contributed by atoms with E-state index in [4.69, 9.17) is 0 Å². The number of benzene rings is 8. The molecule has 9 aromatic rings. The first-order valence-electron chi connectivity index (χ1n) is 16.5. The van der Waals surface area contributed by atoms with Gasteiger partial charge in [0.1, 0.15) is 0 Å². The zero-order valence-electron chi connectivity index (χ0n) is 26.7. The molecular weight excluding hydrogens is 567 g/mol. The van der Waals surface area contributed by atoms with Crippen LogP contribution in [0.15, 0.2) is 176 Å². The maximum Gasteiger partial charge on any atom is 0.0541 e. The minimum atomic E-state index is 1.18. The predicted octanol–water partition coefficient (Wildman–Crippen LogP) is 13.1. The summed E-state index contributed by atoms with van der Waals surface area (Å²) in [5.41, 5.74) is 11.1. The Balaban J connectivity index is 0.00000159. The van der Waals surface area contributed by atoms with Crippen LogP contribution in [0.5, 0.6) is 0 Å². The smallest absolute Gasteiger partial charge is 0.0541 e. The first-order valence-corrected chi connectivity index (χ1v) is 16.5. The van der Waals surface area contributed by atoms with E-state index in [-0.39, 0.29) is 0 Å². The molecule has 0 aliphatic carbocycles. The van der Waals surface area contributed by atoms with Gasteiger partial charge < -0.3 is 4.57 Å². The Morgan fingerprint density at radius 1 is 0.298 bits per heavy atom. The first kappa shape index (κ1) is 28.5. The highest BCUT2D eigenvalue weighted by Gasteiger charge is 2.17. The number of nitrogens with zero attached hydrogens (tertiary/aromatic N) is 1. The van der Waals surface area contributed by atoms with Crippen LogP contribution in [0, 0.1) is 0 Å². The summed E-state index contributed by atoms with van der Waals surface area (Å²) in [6.07, 6.45) is 0. The molecular formula is C46H35N. The van der Waals surface area contributed by atoms with E-state index in [9.17, 15) is 0 Å². The number of rotatable bonds is 4. The van der Waals surface area contributed by atoms with Gasteiger partial charge in [-0.15, -0.1) is 0 Å². The quantitative estimate of drug-likeness (QED) is 0.177. The second-order valence-corrected chi connectivity index (χ2v) is 11.7. The summed E-state index contributed by atoms with van der Waals surface area (Å²) in [6, 6.07) is 63.9. The summed E-state index contributed by atoms with van der Waals surface area (Å²) in [7, 11) is 0. The Hall–Kier alpha value is -5.92. The lowest BCUT2D eigenvalue weighted by Gasteiger charge is -2.18. The van der Waals surface area contributed by atoms with Gasteiger partial charge in [0, 0.05) is 16.5 Å². The fourth-order valence-corrected chi connectivity index (χ4v) is 7.19. The number of hydrogen-bond donors (Lipinski definition) is 0. The molecule has 0 saturated carbocycles. The van der Waals surface area contributed by atoms with Gasteiger partial charge in [-0.2, -0.15) is 0 Å². The van der Waals surface area contributed by atoms with Crippen molar-refractivity contribution in [3.8, 4) is 39.1 Å². The maximum atomic E-state index is 2.37. The standard InChI is InChI=1S/C44H29N.C2H6/c1-3-13-31(14-4-1)43-36-18-7-9-20-38(36)44(39-21-10-8-19-37(39)43)32-25-23-30(24-26-32)33-27-28-42-40(29-33)35-17-11-12-22-41(35)45(42)34-15-5-2-6-16-34;1-2/h1-29H;1-2H3. The molecule has 0 radical (unpaired) electrons. The number of para-hydroxylation sites is 2. The molecule has 1 aromatic heterocycles. The van der Waals surface area contributed by atoms with Crippen molar-refractivity contribution in [1.82, 2.24) is 4.57 Å². The van der Waals surface area contributed by atoms with E-state index in [0.29, 0.717) is 0 Å². The lowest BCUT2D eigenvalue weighted by molar-refractivity contribution is 1.18. The van der Waals surface area contributed by atoms with Crippen LogP contribution < -0.4 is 0 Å². The fraction of sp³-hybridized carbons (Fsp3) is 0.0435. The third kappa shape index (κ3) is 4.80. The molecule has 224 valence electrons. The van der Waals surface area contributed by atoms with Crippen LogP contribution in [0.25, 0.3) is 82.4 Å². The third-order valence-electron chi connectivity index (χ3n) is 9.19. The van der Waals surface area contributed by atoms with E-state index >= 15 is 0 Å². The zero-order chi connectivity index (χ0) is 31.7. The minimum Gasteiger partial charge on any atom is -0.309 e. The van der Waals surface area contributed by atoms with Crippen molar-refractivity contribution in [1.29, 1.82) is 0 Å². The first-order chi connectivity index (χ1) is 23.3. The van der Waals surface area contributed by atoms with Crippen molar-refractivity contribution in [3.05, 3.63) is 176 Å². The Kier molecular flexibility index (Phi) is 7.36. The van der Waals surface area contributed by atoms with E-state index in [1.54, 1.807) is 0 Å². The molecule has 47 heavy (non-hydrogen) atoms. The number of aromatic nitrogens is 1. The molecule has 0 N–H and O–H groups in total. The van der Waals surface area contributed by atoms with Gasteiger partial charge in [0.25, 0.3) is 0 Å². The largest absolute Gasteiger partial charge is 0.309 e. The molecule has 1 heterocycles. The van der Waals surface area contributed by atoms with Crippen LogP contribution in [0.3, 0.4) is 0 Å². The highest BCUT2D eigenvalue weighted by atomic mass is 15.0. The molecule has 0 bridgehead atoms. The molecule has 0 fully saturated rings. The minimum absolute atomic E-state index is 1.18. The molecule has 0 unspecified atom stereocenters. The van der Waals surface area contributed by atoms with Crippen LogP contribution in [0.1, 0.15) is 13.8 Å².